The summed E-state index contributed by atoms with van der Waals surface area (Å²) in [4.78, 5) is 4.87. The highest BCUT2D eigenvalue weighted by molar-refractivity contribution is 6.28. The summed E-state index contributed by atoms with van der Waals surface area (Å²) in [6, 6.07) is 80.5. The van der Waals surface area contributed by atoms with Crippen molar-refractivity contribution in [2.75, 3.05) is 9.80 Å². The van der Waals surface area contributed by atoms with Gasteiger partial charge in [-0.15, -0.1) is 0 Å². The molecule has 60 heavy (non-hydrogen) atoms. The highest BCUT2D eigenvalue weighted by Gasteiger charge is 2.30. The molecule has 0 fully saturated rings. The smallest absolute Gasteiger partial charge is 0.0546 e. The lowest BCUT2D eigenvalue weighted by Crippen LogP contribution is -2.15. The second kappa shape index (κ2) is 12.8. The largest absolute Gasteiger partial charge is 0.309 e. The van der Waals surface area contributed by atoms with Crippen molar-refractivity contribution in [2.24, 2.45) is 0 Å². The predicted molar refractivity (Wildman–Crippen MR) is 255 cm³/mol. The van der Waals surface area contributed by atoms with Crippen LogP contribution in [-0.2, 0) is 0 Å². The summed E-state index contributed by atoms with van der Waals surface area (Å²) >= 11 is 0. The molecule has 0 N–H and O–H groups in total. The Morgan fingerprint density at radius 1 is 0.200 bits per heavy atom. The van der Waals surface area contributed by atoms with E-state index in [0.717, 1.165) is 11.4 Å². The van der Waals surface area contributed by atoms with Crippen molar-refractivity contribution in [2.45, 2.75) is 0 Å². The van der Waals surface area contributed by atoms with E-state index in [1.54, 1.807) is 0 Å². The first kappa shape index (κ1) is 33.1. The molecule has 278 valence electrons. The molecule has 11 aromatic carbocycles. The Kier molecular flexibility index (Phi) is 7.05. The van der Waals surface area contributed by atoms with E-state index < -0.39 is 0 Å². The SMILES string of the molecule is c1ccc(N2c3ccccc3-c3cccc4c(-c5c6ccccc6c(-c6ccc7c8c(cccc68)-c6ccccc6N7c6ccccc6)c6ccccc56)ccc2c34)cc1. The molecule has 2 nitrogen and oxygen atoms in total. The predicted octanol–water partition coefficient (Wildman–Crippen LogP) is 16.5. The topological polar surface area (TPSA) is 6.48 Å². The first-order chi connectivity index (χ1) is 29.8. The normalized spacial score (nSPS) is 12.6. The molecule has 0 saturated heterocycles. The van der Waals surface area contributed by atoms with Crippen LogP contribution in [0.1, 0.15) is 0 Å². The maximum atomic E-state index is 2.43. The minimum absolute atomic E-state index is 1.16. The third kappa shape index (κ3) is 4.59. The van der Waals surface area contributed by atoms with E-state index in [2.05, 4.69) is 228 Å². The molecule has 0 atom stereocenters. The fraction of sp³-hybridized carbons (Fsp3) is 0. The van der Waals surface area contributed by atoms with E-state index in [-0.39, 0.29) is 0 Å². The van der Waals surface area contributed by atoms with E-state index in [9.17, 15) is 0 Å². The molecule has 2 heterocycles. The van der Waals surface area contributed by atoms with Crippen LogP contribution in [0.25, 0.3) is 87.6 Å². The molecule has 13 rings (SSSR count). The fourth-order valence-electron chi connectivity index (χ4n) is 10.5. The van der Waals surface area contributed by atoms with Gasteiger partial charge in [-0.25, -0.2) is 0 Å². The van der Waals surface area contributed by atoms with E-state index in [1.807, 2.05) is 0 Å². The summed E-state index contributed by atoms with van der Waals surface area (Å²) in [5, 5.41) is 10.1. The van der Waals surface area contributed by atoms with Gasteiger partial charge in [0.15, 0.2) is 0 Å². The molecule has 0 bridgehead atoms. The van der Waals surface area contributed by atoms with Crippen LogP contribution in [-0.4, -0.2) is 0 Å². The van der Waals surface area contributed by atoms with Gasteiger partial charge in [-0.1, -0.05) is 170 Å². The van der Waals surface area contributed by atoms with Crippen molar-refractivity contribution in [3.63, 3.8) is 0 Å². The van der Waals surface area contributed by atoms with Crippen molar-refractivity contribution in [3.05, 3.63) is 218 Å². The van der Waals surface area contributed by atoms with Gasteiger partial charge in [0.25, 0.3) is 0 Å². The van der Waals surface area contributed by atoms with Gasteiger partial charge in [0.05, 0.1) is 22.7 Å². The van der Waals surface area contributed by atoms with Crippen molar-refractivity contribution in [1.29, 1.82) is 0 Å². The maximum absolute atomic E-state index is 2.43. The zero-order valence-electron chi connectivity index (χ0n) is 32.7. The number of benzene rings is 11. The Hall–Kier alpha value is -7.94. The van der Waals surface area contributed by atoms with Crippen molar-refractivity contribution in [3.8, 4) is 44.5 Å². The molecular formula is C58H36N2. The molecule has 0 saturated carbocycles. The summed E-state index contributed by atoms with van der Waals surface area (Å²) in [5.41, 5.74) is 17.2. The molecule has 0 radical (unpaired) electrons. The van der Waals surface area contributed by atoms with Crippen molar-refractivity contribution in [1.82, 2.24) is 0 Å². The molecule has 0 spiro atoms. The number of nitrogens with zero attached hydrogens (tertiary/aromatic N) is 2. The van der Waals surface area contributed by atoms with Crippen LogP contribution >= 0.6 is 0 Å². The number of hydrogen-bond acceptors (Lipinski definition) is 2. The third-order valence-electron chi connectivity index (χ3n) is 12.9. The molecular weight excluding hydrogens is 725 g/mol. The minimum Gasteiger partial charge on any atom is -0.309 e. The summed E-state index contributed by atoms with van der Waals surface area (Å²) in [5.74, 6) is 0. The van der Waals surface area contributed by atoms with Crippen LogP contribution < -0.4 is 9.80 Å². The van der Waals surface area contributed by atoms with Gasteiger partial charge in [-0.05, 0) is 114 Å². The summed E-state index contributed by atoms with van der Waals surface area (Å²) in [7, 11) is 0. The zero-order valence-corrected chi connectivity index (χ0v) is 32.7. The Bertz CT molecular complexity index is 3260. The van der Waals surface area contributed by atoms with Crippen LogP contribution in [0.4, 0.5) is 34.1 Å². The number of hydrogen-bond donors (Lipinski definition) is 0. The highest BCUT2D eigenvalue weighted by Crippen LogP contribution is 2.56. The van der Waals surface area contributed by atoms with Gasteiger partial charge >= 0.3 is 0 Å². The molecule has 2 aliphatic heterocycles. The average Bonchev–Trinajstić information content (AvgIpc) is 3.32. The number of para-hydroxylation sites is 4. The van der Waals surface area contributed by atoms with Gasteiger partial charge < -0.3 is 9.80 Å². The molecule has 0 aromatic heterocycles. The number of fused-ring (bicyclic) bond motifs is 6. The Balaban J connectivity index is 1.10. The Morgan fingerprint density at radius 2 is 0.533 bits per heavy atom. The lowest BCUT2D eigenvalue weighted by Gasteiger charge is -2.34. The summed E-state index contributed by atoms with van der Waals surface area (Å²) in [6.07, 6.45) is 0. The van der Waals surface area contributed by atoms with Crippen LogP contribution in [0.5, 0.6) is 0 Å². The van der Waals surface area contributed by atoms with Crippen molar-refractivity contribution >= 4 is 77.2 Å². The second-order valence-corrected chi connectivity index (χ2v) is 15.9. The third-order valence-corrected chi connectivity index (χ3v) is 12.9. The first-order valence-corrected chi connectivity index (χ1v) is 20.8. The lowest BCUT2D eigenvalue weighted by atomic mass is 9.81. The monoisotopic (exact) mass is 760 g/mol. The van der Waals surface area contributed by atoms with Crippen LogP contribution in [0, 0.1) is 0 Å². The molecule has 11 aromatic rings. The summed E-state index contributed by atoms with van der Waals surface area (Å²) in [6.45, 7) is 0. The fourth-order valence-corrected chi connectivity index (χ4v) is 10.5. The number of rotatable bonds is 4. The minimum atomic E-state index is 1.16. The van der Waals surface area contributed by atoms with E-state index >= 15 is 0 Å². The Labute approximate surface area is 348 Å². The summed E-state index contributed by atoms with van der Waals surface area (Å²) < 4.78 is 0. The van der Waals surface area contributed by atoms with Gasteiger partial charge in [0.2, 0.25) is 0 Å². The number of anilines is 6. The zero-order chi connectivity index (χ0) is 39.3. The standard InChI is InChI=1S/C58H36N2/c1-3-17-37(18-4-1)59-51-31-13-11-21-39(51)41-27-15-29-47-49(33-35-53(59)57(41)47)55-43-23-7-9-25-45(43)56(46-26-10-8-24-44(46)55)50-34-36-54-58-42(28-16-30-48(50)58)40-22-12-14-32-52(40)60(54)38-19-5-2-6-20-38/h1-36H. The van der Waals surface area contributed by atoms with Crippen molar-refractivity contribution < 1.29 is 0 Å². The van der Waals surface area contributed by atoms with Crippen LogP contribution in [0.15, 0.2) is 218 Å². The van der Waals surface area contributed by atoms with E-state index in [4.69, 9.17) is 0 Å². The average molecular weight is 761 g/mol. The quantitative estimate of drug-likeness (QED) is 0.165. The van der Waals surface area contributed by atoms with Gasteiger partial charge in [-0.2, -0.15) is 0 Å². The van der Waals surface area contributed by atoms with Gasteiger partial charge in [0.1, 0.15) is 0 Å². The van der Waals surface area contributed by atoms with E-state index in [1.165, 1.54) is 110 Å². The van der Waals surface area contributed by atoms with Crippen LogP contribution in [0.2, 0.25) is 0 Å². The first-order valence-electron chi connectivity index (χ1n) is 20.8. The van der Waals surface area contributed by atoms with Crippen LogP contribution in [0.3, 0.4) is 0 Å². The molecule has 0 unspecified atom stereocenters. The molecule has 0 aliphatic carbocycles. The van der Waals surface area contributed by atoms with Gasteiger partial charge in [-0.3, -0.25) is 0 Å². The lowest BCUT2D eigenvalue weighted by molar-refractivity contribution is 1.28. The van der Waals surface area contributed by atoms with E-state index in [0.29, 0.717) is 0 Å². The maximum Gasteiger partial charge on any atom is 0.0546 e. The second-order valence-electron chi connectivity index (χ2n) is 15.9. The molecule has 2 aliphatic rings. The molecule has 0 amide bonds. The van der Waals surface area contributed by atoms with Gasteiger partial charge in [0, 0.05) is 33.3 Å². The Morgan fingerprint density at radius 3 is 0.950 bits per heavy atom. The highest BCUT2D eigenvalue weighted by atomic mass is 15.2. The molecule has 2 heteroatoms.